The first-order chi connectivity index (χ1) is 19.4. The number of rotatable bonds is 9. The highest BCUT2D eigenvalue weighted by Gasteiger charge is 2.34. The number of allylic oxidation sites excluding steroid dienone is 4. The fourth-order valence-electron chi connectivity index (χ4n) is 3.99. The number of pyridine rings is 1. The lowest BCUT2D eigenvalue weighted by atomic mass is 10.0. The highest BCUT2D eigenvalue weighted by molar-refractivity contribution is 7.89. The Hall–Kier alpha value is -4.21. The van der Waals surface area contributed by atoms with Gasteiger partial charge in [-0.2, -0.15) is 13.2 Å². The summed E-state index contributed by atoms with van der Waals surface area (Å²) in [5, 5.41) is 8.84. The van der Waals surface area contributed by atoms with E-state index in [1.54, 1.807) is 6.08 Å². The lowest BCUT2D eigenvalue weighted by Crippen LogP contribution is -2.24. The van der Waals surface area contributed by atoms with Crippen LogP contribution in [0.1, 0.15) is 36.9 Å². The highest BCUT2D eigenvalue weighted by atomic mass is 35.5. The van der Waals surface area contributed by atoms with Gasteiger partial charge in [0, 0.05) is 35.4 Å². The molecule has 4 rings (SSSR count). The summed E-state index contributed by atoms with van der Waals surface area (Å²) >= 11 is 6.46. The third-order valence-electron chi connectivity index (χ3n) is 6.00. The highest BCUT2D eigenvalue weighted by Crippen LogP contribution is 2.40. The average molecular weight is 607 g/mol. The van der Waals surface area contributed by atoms with Gasteiger partial charge in [-0.3, -0.25) is 9.78 Å². The van der Waals surface area contributed by atoms with E-state index in [4.69, 9.17) is 32.6 Å². The van der Waals surface area contributed by atoms with Crippen LogP contribution in [0.2, 0.25) is 5.02 Å². The molecule has 0 fully saturated rings. The molecule has 1 N–H and O–H groups in total. The maximum Gasteiger partial charge on any atom is 0.433 e. The Morgan fingerprint density at radius 1 is 1.27 bits per heavy atom. The summed E-state index contributed by atoms with van der Waals surface area (Å²) < 4.78 is 79.7. The molecule has 1 aromatic heterocycles. The first-order valence-corrected chi connectivity index (χ1v) is 13.9. The number of terminal acetylenes is 1. The molecule has 0 unspecified atom stereocenters. The van der Waals surface area contributed by atoms with E-state index in [0.717, 1.165) is 28.6 Å². The molecule has 0 spiro atoms. The Labute approximate surface area is 239 Å². The van der Waals surface area contributed by atoms with Crippen molar-refractivity contribution in [2.24, 2.45) is 0 Å². The number of carboxylic acid groups (broad SMARTS) is 1. The van der Waals surface area contributed by atoms with Crippen LogP contribution in [0, 0.1) is 12.3 Å². The number of hydrogen-bond donors (Lipinski definition) is 1. The first-order valence-electron chi connectivity index (χ1n) is 12.1. The predicted molar refractivity (Wildman–Crippen MR) is 144 cm³/mol. The van der Waals surface area contributed by atoms with Crippen molar-refractivity contribution in [2.45, 2.75) is 36.8 Å². The van der Waals surface area contributed by atoms with Gasteiger partial charge in [-0.05, 0) is 37.0 Å². The van der Waals surface area contributed by atoms with Gasteiger partial charge in [-0.25, -0.2) is 12.7 Å². The van der Waals surface area contributed by atoms with Gasteiger partial charge in [0.05, 0.1) is 24.0 Å². The number of carboxylic acids is 1. The smallest absolute Gasteiger partial charge is 0.433 e. The largest absolute Gasteiger partial charge is 0.492 e. The van der Waals surface area contributed by atoms with E-state index >= 15 is 0 Å². The zero-order valence-electron chi connectivity index (χ0n) is 21.2. The normalized spacial score (nSPS) is 15.0. The van der Waals surface area contributed by atoms with Gasteiger partial charge >= 0.3 is 12.1 Å². The van der Waals surface area contributed by atoms with Crippen molar-refractivity contribution in [1.82, 2.24) is 9.29 Å². The molecule has 0 atom stereocenters. The monoisotopic (exact) mass is 606 g/mol. The summed E-state index contributed by atoms with van der Waals surface area (Å²) in [7, 11) is -4.42. The standard InChI is InChI=1S/C28H22ClF3N2O6S/c1-2-18-13-26(28(30,31)32)33-16-21(18)20-14-25(23(15-22(20)29)39-11-6-9-27(35)36)41(37,38)34-10-12-40-24(17-34)19-7-4-3-5-8-19/h1,3-4,7,10,12-17H,5-6,8-9,11H2,(H,35,36). The number of carbonyl (C=O) groups is 1. The minimum absolute atomic E-state index is 0.00105. The van der Waals surface area contributed by atoms with Crippen LogP contribution in [-0.4, -0.2) is 35.4 Å². The minimum Gasteiger partial charge on any atom is -0.492 e. The van der Waals surface area contributed by atoms with Crippen LogP contribution in [0.25, 0.3) is 11.1 Å². The van der Waals surface area contributed by atoms with Gasteiger partial charge in [0.15, 0.2) is 0 Å². The fourth-order valence-corrected chi connectivity index (χ4v) is 5.55. The van der Waals surface area contributed by atoms with Crippen molar-refractivity contribution in [3.05, 3.63) is 88.9 Å². The lowest BCUT2D eigenvalue weighted by molar-refractivity contribution is -0.141. The van der Waals surface area contributed by atoms with Crippen molar-refractivity contribution in [3.8, 4) is 29.2 Å². The number of halogens is 4. The van der Waals surface area contributed by atoms with Crippen molar-refractivity contribution in [1.29, 1.82) is 0 Å². The van der Waals surface area contributed by atoms with E-state index in [1.165, 1.54) is 24.7 Å². The van der Waals surface area contributed by atoms with Gasteiger partial charge in [0.2, 0.25) is 0 Å². The van der Waals surface area contributed by atoms with Gasteiger partial charge in [-0.15, -0.1) is 6.42 Å². The number of hydrogen-bond acceptors (Lipinski definition) is 6. The third-order valence-corrected chi connectivity index (χ3v) is 7.97. The first kappa shape index (κ1) is 29.8. The summed E-state index contributed by atoms with van der Waals surface area (Å²) in [6, 6.07) is 2.99. The Morgan fingerprint density at radius 3 is 2.71 bits per heavy atom. The topological polar surface area (TPSA) is 106 Å². The predicted octanol–water partition coefficient (Wildman–Crippen LogP) is 6.26. The molecular weight excluding hydrogens is 585 g/mol. The van der Waals surface area contributed by atoms with Crippen LogP contribution in [-0.2, 0) is 25.7 Å². The summed E-state index contributed by atoms with van der Waals surface area (Å²) in [6.45, 7) is -0.152. The number of alkyl halides is 3. The molecule has 41 heavy (non-hydrogen) atoms. The summed E-state index contributed by atoms with van der Waals surface area (Å²) in [5.74, 6) is 1.22. The van der Waals surface area contributed by atoms with Crippen molar-refractivity contribution in [2.75, 3.05) is 6.61 Å². The molecule has 0 saturated heterocycles. The van der Waals surface area contributed by atoms with Gasteiger partial charge in [0.25, 0.3) is 10.0 Å². The molecule has 0 radical (unpaired) electrons. The molecule has 1 aliphatic heterocycles. The van der Waals surface area contributed by atoms with Gasteiger partial charge in [-0.1, -0.05) is 35.7 Å². The maximum atomic E-state index is 13.9. The molecule has 13 heteroatoms. The number of nitrogens with zero attached hydrogens (tertiary/aromatic N) is 2. The number of sulfonamides is 1. The van der Waals surface area contributed by atoms with Crippen LogP contribution in [0.4, 0.5) is 13.2 Å². The molecule has 0 bridgehead atoms. The Bertz CT molecular complexity index is 1640. The molecule has 2 heterocycles. The molecule has 8 nitrogen and oxygen atoms in total. The third kappa shape index (κ3) is 6.75. The van der Waals surface area contributed by atoms with Gasteiger partial charge in [0.1, 0.15) is 28.4 Å². The van der Waals surface area contributed by atoms with Crippen LogP contribution in [0.3, 0.4) is 0 Å². The second-order valence-electron chi connectivity index (χ2n) is 8.77. The number of aromatic nitrogens is 1. The molecule has 2 aromatic rings. The van der Waals surface area contributed by atoms with E-state index in [0.29, 0.717) is 18.2 Å². The van der Waals surface area contributed by atoms with E-state index in [-0.39, 0.29) is 46.9 Å². The average Bonchev–Trinajstić information content (AvgIpc) is 2.95. The lowest BCUT2D eigenvalue weighted by Gasteiger charge is -2.24. The van der Waals surface area contributed by atoms with Crippen LogP contribution < -0.4 is 4.74 Å². The van der Waals surface area contributed by atoms with Crippen molar-refractivity contribution < 1.29 is 41.0 Å². The second-order valence-corrected chi connectivity index (χ2v) is 11.0. The number of benzene rings is 1. The minimum atomic E-state index is -4.76. The SMILES string of the molecule is C#Cc1cc(C(F)(F)F)ncc1-c1cc(S(=O)(=O)N2C=COC(C3=CC=CCC3)=C2)c(OCCCC(=O)O)cc1Cl. The van der Waals surface area contributed by atoms with Crippen molar-refractivity contribution >= 4 is 27.6 Å². The number of ether oxygens (including phenoxy) is 2. The Morgan fingerprint density at radius 2 is 2.05 bits per heavy atom. The van der Waals surface area contributed by atoms with Crippen molar-refractivity contribution in [3.63, 3.8) is 0 Å². The molecule has 0 saturated carbocycles. The molecule has 1 aliphatic carbocycles. The second kappa shape index (κ2) is 12.1. The maximum absolute atomic E-state index is 13.9. The van der Waals surface area contributed by atoms with Crippen LogP contribution in [0.15, 0.2) is 77.5 Å². The Kier molecular flexibility index (Phi) is 8.80. The van der Waals surface area contributed by atoms with Crippen LogP contribution >= 0.6 is 11.6 Å². The molecule has 1 aromatic carbocycles. The molecule has 214 valence electrons. The quantitative estimate of drug-likeness (QED) is 0.265. The summed E-state index contributed by atoms with van der Waals surface area (Å²) in [4.78, 5) is 14.0. The van der Waals surface area contributed by atoms with Crippen LogP contribution in [0.5, 0.6) is 5.75 Å². The summed E-state index contributed by atoms with van der Waals surface area (Å²) in [5.41, 5.74) is -0.669. The zero-order chi connectivity index (χ0) is 29.8. The number of aliphatic carboxylic acids is 1. The molecule has 0 amide bonds. The van der Waals surface area contributed by atoms with E-state index < -0.39 is 32.8 Å². The molecule has 2 aliphatic rings. The Balaban J connectivity index is 1.82. The van der Waals surface area contributed by atoms with E-state index in [1.807, 2.05) is 12.2 Å². The van der Waals surface area contributed by atoms with E-state index in [2.05, 4.69) is 10.9 Å². The summed E-state index contributed by atoms with van der Waals surface area (Å²) in [6.07, 6.45) is 12.1. The molecular formula is C28H22ClF3N2O6S. The zero-order valence-corrected chi connectivity index (χ0v) is 22.8. The fraction of sp³-hybridized carbons (Fsp3) is 0.214. The van der Waals surface area contributed by atoms with E-state index in [9.17, 15) is 26.4 Å². The van der Waals surface area contributed by atoms with Gasteiger partial charge < -0.3 is 14.6 Å².